The topological polar surface area (TPSA) is 72.1 Å². The van der Waals surface area contributed by atoms with Gasteiger partial charge >= 0.3 is 0 Å². The van der Waals surface area contributed by atoms with Crippen LogP contribution >= 0.6 is 0 Å². The molecule has 0 bridgehead atoms. The maximum atomic E-state index is 13.1. The molecule has 1 aliphatic rings. The molecule has 0 spiro atoms. The van der Waals surface area contributed by atoms with Crippen molar-refractivity contribution in [1.29, 1.82) is 0 Å². The second-order valence-electron chi connectivity index (χ2n) is 6.39. The third-order valence-corrected chi connectivity index (χ3v) is 4.50. The van der Waals surface area contributed by atoms with E-state index in [0.29, 0.717) is 36.1 Å². The minimum atomic E-state index is -0.319. The SMILES string of the molecule is Cc1ccnc(-c2nc(C3CCN(c4ccc(F)cc4)C(=O)C3)no2)c1. The van der Waals surface area contributed by atoms with Crippen LogP contribution < -0.4 is 4.90 Å². The summed E-state index contributed by atoms with van der Waals surface area (Å²) < 4.78 is 18.4. The van der Waals surface area contributed by atoms with Crippen LogP contribution in [0.15, 0.2) is 47.1 Å². The van der Waals surface area contributed by atoms with Crippen molar-refractivity contribution in [1.82, 2.24) is 15.1 Å². The lowest BCUT2D eigenvalue weighted by atomic mass is 9.95. The van der Waals surface area contributed by atoms with Gasteiger partial charge in [0.15, 0.2) is 5.82 Å². The highest BCUT2D eigenvalue weighted by Gasteiger charge is 2.31. The number of pyridine rings is 1. The highest BCUT2D eigenvalue weighted by atomic mass is 19.1. The molecule has 3 aromatic rings. The smallest absolute Gasteiger partial charge is 0.276 e. The Morgan fingerprint density at radius 2 is 2.04 bits per heavy atom. The number of benzene rings is 1. The zero-order chi connectivity index (χ0) is 18.1. The van der Waals surface area contributed by atoms with Crippen molar-refractivity contribution in [3.8, 4) is 11.6 Å². The molecule has 1 amide bonds. The summed E-state index contributed by atoms with van der Waals surface area (Å²) in [4.78, 5) is 22.9. The number of piperidine rings is 1. The first-order chi connectivity index (χ1) is 12.6. The van der Waals surface area contributed by atoms with Gasteiger partial charge in [-0.15, -0.1) is 0 Å². The molecule has 4 rings (SSSR count). The van der Waals surface area contributed by atoms with Gasteiger partial charge in [0.25, 0.3) is 5.89 Å². The summed E-state index contributed by atoms with van der Waals surface area (Å²) in [6, 6.07) is 9.71. The number of nitrogens with zero attached hydrogens (tertiary/aromatic N) is 4. The lowest BCUT2D eigenvalue weighted by molar-refractivity contribution is -0.120. The fourth-order valence-electron chi connectivity index (χ4n) is 3.11. The number of hydrogen-bond donors (Lipinski definition) is 0. The Labute approximate surface area is 149 Å². The highest BCUT2D eigenvalue weighted by Crippen LogP contribution is 2.31. The summed E-state index contributed by atoms with van der Waals surface area (Å²) in [5, 5.41) is 4.04. The Morgan fingerprint density at radius 1 is 1.23 bits per heavy atom. The number of aromatic nitrogens is 3. The van der Waals surface area contributed by atoms with Crippen LogP contribution in [0.25, 0.3) is 11.6 Å². The number of rotatable bonds is 3. The van der Waals surface area contributed by atoms with Gasteiger partial charge in [0.1, 0.15) is 11.5 Å². The van der Waals surface area contributed by atoms with Crippen LogP contribution in [0, 0.1) is 12.7 Å². The van der Waals surface area contributed by atoms with Gasteiger partial charge in [0.05, 0.1) is 0 Å². The molecule has 2 aromatic heterocycles. The Kier molecular flexibility index (Phi) is 4.20. The highest BCUT2D eigenvalue weighted by molar-refractivity contribution is 5.94. The number of hydrogen-bond acceptors (Lipinski definition) is 5. The van der Waals surface area contributed by atoms with E-state index >= 15 is 0 Å². The Balaban J connectivity index is 1.49. The van der Waals surface area contributed by atoms with Gasteiger partial charge < -0.3 is 9.42 Å². The summed E-state index contributed by atoms with van der Waals surface area (Å²) in [5.41, 5.74) is 2.38. The molecule has 1 fully saturated rings. The van der Waals surface area contributed by atoms with E-state index in [2.05, 4.69) is 15.1 Å². The zero-order valence-corrected chi connectivity index (χ0v) is 14.2. The molecule has 7 heteroatoms. The van der Waals surface area contributed by atoms with Gasteiger partial charge in [0, 0.05) is 30.8 Å². The van der Waals surface area contributed by atoms with Crippen molar-refractivity contribution in [3.05, 3.63) is 59.8 Å². The fraction of sp³-hybridized carbons (Fsp3) is 0.263. The van der Waals surface area contributed by atoms with Gasteiger partial charge in [-0.3, -0.25) is 9.78 Å². The zero-order valence-electron chi connectivity index (χ0n) is 14.2. The molecule has 0 N–H and O–H groups in total. The maximum Gasteiger partial charge on any atom is 0.276 e. The number of carbonyl (C=O) groups excluding carboxylic acids is 1. The number of carbonyl (C=O) groups is 1. The molecule has 132 valence electrons. The van der Waals surface area contributed by atoms with E-state index in [1.54, 1.807) is 23.2 Å². The van der Waals surface area contributed by atoms with E-state index in [9.17, 15) is 9.18 Å². The normalized spacial score (nSPS) is 17.5. The first-order valence-electron chi connectivity index (χ1n) is 8.43. The van der Waals surface area contributed by atoms with Gasteiger partial charge in [0.2, 0.25) is 5.91 Å². The largest absolute Gasteiger partial charge is 0.332 e. The second kappa shape index (κ2) is 6.67. The third kappa shape index (κ3) is 3.20. The molecule has 6 nitrogen and oxygen atoms in total. The molecular weight excluding hydrogens is 335 g/mol. The van der Waals surface area contributed by atoms with Crippen LogP contribution in [0.2, 0.25) is 0 Å². The van der Waals surface area contributed by atoms with E-state index in [0.717, 1.165) is 5.56 Å². The predicted octanol–water partition coefficient (Wildman–Crippen LogP) is 3.49. The molecule has 1 aromatic carbocycles. The first kappa shape index (κ1) is 16.4. The number of anilines is 1. The molecule has 3 heterocycles. The first-order valence-corrected chi connectivity index (χ1v) is 8.43. The number of amides is 1. The summed E-state index contributed by atoms with van der Waals surface area (Å²) in [6.45, 7) is 2.49. The molecule has 0 aliphatic carbocycles. The minimum absolute atomic E-state index is 0.0344. The van der Waals surface area contributed by atoms with E-state index < -0.39 is 0 Å². The van der Waals surface area contributed by atoms with Crippen molar-refractivity contribution in [2.24, 2.45) is 0 Å². The van der Waals surface area contributed by atoms with Crippen LogP contribution in [-0.2, 0) is 4.79 Å². The summed E-state index contributed by atoms with van der Waals surface area (Å²) in [5.74, 6) is 0.432. The molecule has 1 aliphatic heterocycles. The van der Waals surface area contributed by atoms with Crippen molar-refractivity contribution >= 4 is 11.6 Å². The summed E-state index contributed by atoms with van der Waals surface area (Å²) in [7, 11) is 0. The van der Waals surface area contributed by atoms with E-state index in [1.165, 1.54) is 12.1 Å². The second-order valence-corrected chi connectivity index (χ2v) is 6.39. The lowest BCUT2D eigenvalue weighted by Crippen LogP contribution is -2.38. The quantitative estimate of drug-likeness (QED) is 0.721. The number of halogens is 1. The average Bonchev–Trinajstić information content (AvgIpc) is 3.13. The predicted molar refractivity (Wildman–Crippen MR) is 93.0 cm³/mol. The third-order valence-electron chi connectivity index (χ3n) is 4.50. The van der Waals surface area contributed by atoms with Crippen molar-refractivity contribution in [2.75, 3.05) is 11.4 Å². The lowest BCUT2D eigenvalue weighted by Gasteiger charge is -2.30. The van der Waals surface area contributed by atoms with E-state index in [1.807, 2.05) is 19.1 Å². The Morgan fingerprint density at radius 3 is 2.77 bits per heavy atom. The van der Waals surface area contributed by atoms with Crippen LogP contribution in [0.1, 0.15) is 30.1 Å². The Bertz CT molecular complexity index is 939. The molecule has 1 saturated heterocycles. The van der Waals surface area contributed by atoms with Gasteiger partial charge in [-0.2, -0.15) is 4.98 Å². The fourth-order valence-corrected chi connectivity index (χ4v) is 3.11. The van der Waals surface area contributed by atoms with Crippen molar-refractivity contribution in [3.63, 3.8) is 0 Å². The minimum Gasteiger partial charge on any atom is -0.332 e. The van der Waals surface area contributed by atoms with Crippen LogP contribution in [0.5, 0.6) is 0 Å². The number of aryl methyl sites for hydroxylation is 1. The van der Waals surface area contributed by atoms with Crippen LogP contribution in [0.3, 0.4) is 0 Å². The maximum absolute atomic E-state index is 13.1. The van der Waals surface area contributed by atoms with Gasteiger partial charge in [-0.25, -0.2) is 4.39 Å². The molecular formula is C19H17FN4O2. The molecule has 26 heavy (non-hydrogen) atoms. The van der Waals surface area contributed by atoms with Gasteiger partial charge in [-0.05, 0) is 55.3 Å². The molecule has 1 unspecified atom stereocenters. The average molecular weight is 352 g/mol. The molecule has 0 saturated carbocycles. The van der Waals surface area contributed by atoms with Crippen LogP contribution in [-0.4, -0.2) is 27.6 Å². The van der Waals surface area contributed by atoms with Gasteiger partial charge in [-0.1, -0.05) is 5.16 Å². The summed E-state index contributed by atoms with van der Waals surface area (Å²) in [6.07, 6.45) is 2.69. The Hall–Kier alpha value is -3.09. The molecule has 0 radical (unpaired) electrons. The van der Waals surface area contributed by atoms with E-state index in [4.69, 9.17) is 4.52 Å². The summed E-state index contributed by atoms with van der Waals surface area (Å²) >= 11 is 0. The van der Waals surface area contributed by atoms with Crippen molar-refractivity contribution < 1.29 is 13.7 Å². The van der Waals surface area contributed by atoms with Crippen molar-refractivity contribution in [2.45, 2.75) is 25.7 Å². The van der Waals surface area contributed by atoms with E-state index in [-0.39, 0.29) is 24.1 Å². The standard InChI is InChI=1S/C19H17FN4O2/c1-12-6-8-21-16(10-12)19-22-18(23-26-19)13-7-9-24(17(25)11-13)15-4-2-14(20)3-5-15/h2-6,8,10,13H,7,9,11H2,1H3. The van der Waals surface area contributed by atoms with Crippen LogP contribution in [0.4, 0.5) is 10.1 Å². The monoisotopic (exact) mass is 352 g/mol. The molecule has 1 atom stereocenters.